The maximum atomic E-state index is 12.6. The van der Waals surface area contributed by atoms with Gasteiger partial charge in [-0.2, -0.15) is 0 Å². The molecule has 0 bridgehead atoms. The Labute approximate surface area is 156 Å². The van der Waals surface area contributed by atoms with E-state index in [4.69, 9.17) is 4.74 Å². The number of aliphatic hydroxyl groups is 1. The maximum Gasteiger partial charge on any atom is 0.333 e. The lowest BCUT2D eigenvalue weighted by Crippen LogP contribution is -2.49. The van der Waals surface area contributed by atoms with E-state index in [2.05, 4.69) is 36.4 Å². The van der Waals surface area contributed by atoms with E-state index in [-0.39, 0.29) is 14.6 Å². The van der Waals surface area contributed by atoms with Gasteiger partial charge in [0.25, 0.3) is 0 Å². The molecule has 2 aliphatic carbocycles. The number of alkyl halides is 1. The number of hydrogen-bond donors (Lipinski definition) is 1. The Morgan fingerprint density at radius 1 is 1.29 bits per heavy atom. The summed E-state index contributed by atoms with van der Waals surface area (Å²) in [6.07, 6.45) is 5.59. The highest BCUT2D eigenvalue weighted by Crippen LogP contribution is 2.59. The normalized spacial score (nSPS) is 39.6. The Hall–Kier alpha value is -0.690. The molecule has 1 aliphatic heterocycles. The molecule has 3 aliphatic rings. The van der Waals surface area contributed by atoms with Gasteiger partial charge in [-0.25, -0.2) is 4.79 Å². The molecule has 0 spiro atoms. The van der Waals surface area contributed by atoms with Crippen LogP contribution in [0.15, 0.2) is 22.8 Å². The second-order valence-corrected chi connectivity index (χ2v) is 10.3. The predicted molar refractivity (Wildman–Crippen MR) is 99.6 cm³/mol. The number of cyclic esters (lactones) is 1. The zero-order valence-corrected chi connectivity index (χ0v) is 16.7. The molecule has 0 saturated heterocycles. The minimum atomic E-state index is -1.12. The summed E-state index contributed by atoms with van der Waals surface area (Å²) in [5.41, 5.74) is 2.76. The number of ether oxygens (including phenoxy) is 1. The first-order chi connectivity index (χ1) is 11.1. The van der Waals surface area contributed by atoms with Crippen molar-refractivity contribution in [3.8, 4) is 0 Å². The molecular formula is C19H25IO4. The van der Waals surface area contributed by atoms with Gasteiger partial charge in [0.1, 0.15) is 0 Å². The van der Waals surface area contributed by atoms with Crippen LogP contribution in [0.3, 0.4) is 0 Å². The molecule has 4 nitrogen and oxygen atoms in total. The van der Waals surface area contributed by atoms with Gasteiger partial charge < -0.3 is 9.84 Å². The number of halogens is 1. The highest BCUT2D eigenvalue weighted by atomic mass is 127. The smallest absolute Gasteiger partial charge is 0.333 e. The van der Waals surface area contributed by atoms with Crippen molar-refractivity contribution >= 4 is 34.3 Å². The van der Waals surface area contributed by atoms with Crippen LogP contribution in [0.1, 0.15) is 59.3 Å². The number of carbonyl (C=O) groups excluding carboxylic acids is 2. The molecule has 24 heavy (non-hydrogen) atoms. The number of allylic oxidation sites excluding steroid dienone is 2. The Morgan fingerprint density at radius 2 is 2.00 bits per heavy atom. The molecule has 132 valence electrons. The van der Waals surface area contributed by atoms with Crippen LogP contribution in [-0.4, -0.2) is 26.6 Å². The average Bonchev–Trinajstić information content (AvgIpc) is 2.79. The third kappa shape index (κ3) is 2.98. The number of ketones is 1. The van der Waals surface area contributed by atoms with Gasteiger partial charge in [-0.15, -0.1) is 0 Å². The van der Waals surface area contributed by atoms with Crippen LogP contribution >= 0.6 is 22.6 Å². The molecule has 0 aromatic heterocycles. The molecule has 5 heteroatoms. The summed E-state index contributed by atoms with van der Waals surface area (Å²) in [7, 11) is 0. The summed E-state index contributed by atoms with van der Waals surface area (Å²) in [6.45, 7) is 6.52. The molecule has 1 saturated carbocycles. The molecule has 1 fully saturated rings. The highest BCUT2D eigenvalue weighted by molar-refractivity contribution is 14.1. The SMILES string of the molecule is CC1=C(CCC2=CC(=O)OC2O)[C@@]2(C)CCC[C@@](C)(I)[C@@H]2CC1=O. The molecule has 1 N–H and O–H groups in total. The van der Waals surface area contributed by atoms with Gasteiger partial charge in [0, 0.05) is 21.5 Å². The van der Waals surface area contributed by atoms with E-state index >= 15 is 0 Å². The van der Waals surface area contributed by atoms with Crippen molar-refractivity contribution in [3.05, 3.63) is 22.8 Å². The molecule has 4 atom stereocenters. The molecule has 1 unspecified atom stereocenters. The van der Waals surface area contributed by atoms with Gasteiger partial charge in [0.05, 0.1) is 0 Å². The maximum absolute atomic E-state index is 12.6. The molecule has 0 aromatic carbocycles. The fourth-order valence-corrected chi connectivity index (χ4v) is 6.22. The second kappa shape index (κ2) is 6.24. The van der Waals surface area contributed by atoms with Gasteiger partial charge in [0.15, 0.2) is 5.78 Å². The summed E-state index contributed by atoms with van der Waals surface area (Å²) in [5, 5.41) is 9.79. The van der Waals surface area contributed by atoms with Crippen LogP contribution in [-0.2, 0) is 14.3 Å². The van der Waals surface area contributed by atoms with E-state index in [9.17, 15) is 14.7 Å². The molecule has 3 rings (SSSR count). The standard InChI is InChI=1S/C19H25IO4/c1-11-13(6-5-12-9-16(22)24-17(12)23)18(2)7-4-8-19(3,20)15(18)10-14(11)21/h9,15,17,23H,4-8,10H2,1-3H3/t15-,17?,18-,19-/m1/s1. The minimum Gasteiger partial charge on any atom is -0.429 e. The van der Waals surface area contributed by atoms with Gasteiger partial charge in [-0.05, 0) is 49.5 Å². The Morgan fingerprint density at radius 3 is 2.62 bits per heavy atom. The number of hydrogen-bond acceptors (Lipinski definition) is 4. The van der Waals surface area contributed by atoms with Crippen LogP contribution < -0.4 is 0 Å². The van der Waals surface area contributed by atoms with Gasteiger partial charge >= 0.3 is 5.97 Å². The predicted octanol–water partition coefficient (Wildman–Crippen LogP) is 3.86. The van der Waals surface area contributed by atoms with Gasteiger partial charge in [-0.1, -0.05) is 48.4 Å². The molecule has 0 amide bonds. The van der Waals surface area contributed by atoms with E-state index in [1.165, 1.54) is 18.1 Å². The van der Waals surface area contributed by atoms with Crippen molar-refractivity contribution in [2.24, 2.45) is 11.3 Å². The van der Waals surface area contributed by atoms with Crippen molar-refractivity contribution < 1.29 is 19.4 Å². The summed E-state index contributed by atoms with van der Waals surface area (Å²) >= 11 is 2.54. The zero-order valence-electron chi connectivity index (χ0n) is 14.5. The van der Waals surface area contributed by atoms with E-state index < -0.39 is 12.3 Å². The van der Waals surface area contributed by atoms with Gasteiger partial charge in [-0.3, -0.25) is 4.79 Å². The second-order valence-electron chi connectivity index (χ2n) is 7.84. The number of rotatable bonds is 3. The van der Waals surface area contributed by atoms with Crippen LogP contribution in [0.25, 0.3) is 0 Å². The largest absolute Gasteiger partial charge is 0.429 e. The molecule has 1 heterocycles. The third-order valence-electron chi connectivity index (χ3n) is 6.32. The summed E-state index contributed by atoms with van der Waals surface area (Å²) in [5.74, 6) is 0.126. The average molecular weight is 444 g/mol. The third-order valence-corrected chi connectivity index (χ3v) is 7.61. The Bertz CT molecular complexity index is 646. The highest BCUT2D eigenvalue weighted by Gasteiger charge is 2.52. The fraction of sp³-hybridized carbons (Fsp3) is 0.684. The lowest BCUT2D eigenvalue weighted by atomic mass is 9.54. The number of esters is 1. The van der Waals surface area contributed by atoms with Crippen LogP contribution in [0.2, 0.25) is 0 Å². The topological polar surface area (TPSA) is 63.6 Å². The molecule has 0 radical (unpaired) electrons. The minimum absolute atomic E-state index is 0.0289. The molecular weight excluding hydrogens is 419 g/mol. The lowest BCUT2D eigenvalue weighted by Gasteiger charge is -2.53. The van der Waals surface area contributed by atoms with E-state index in [0.717, 1.165) is 18.4 Å². The van der Waals surface area contributed by atoms with Gasteiger partial charge in [0.2, 0.25) is 6.29 Å². The number of fused-ring (bicyclic) bond motifs is 1. The first kappa shape index (κ1) is 18.1. The van der Waals surface area contributed by atoms with Crippen molar-refractivity contribution in [2.75, 3.05) is 0 Å². The number of carbonyl (C=O) groups is 2. The van der Waals surface area contributed by atoms with Crippen LogP contribution in [0.4, 0.5) is 0 Å². The number of aliphatic hydroxyl groups excluding tert-OH is 1. The summed E-state index contributed by atoms with van der Waals surface area (Å²) in [4.78, 5) is 23.9. The Kier molecular flexibility index (Phi) is 4.71. The van der Waals surface area contributed by atoms with Crippen LogP contribution in [0, 0.1) is 11.3 Å². The fourth-order valence-electron chi connectivity index (χ4n) is 4.93. The quantitative estimate of drug-likeness (QED) is 0.408. The van der Waals surface area contributed by atoms with Crippen LogP contribution in [0.5, 0.6) is 0 Å². The van der Waals surface area contributed by atoms with Crippen molar-refractivity contribution in [1.29, 1.82) is 0 Å². The van der Waals surface area contributed by atoms with Crippen molar-refractivity contribution in [2.45, 2.75) is 69.0 Å². The Balaban J connectivity index is 1.89. The summed E-state index contributed by atoms with van der Waals surface area (Å²) < 4.78 is 4.90. The van der Waals surface area contributed by atoms with E-state index in [0.29, 0.717) is 30.8 Å². The first-order valence-corrected chi connectivity index (χ1v) is 9.74. The van der Waals surface area contributed by atoms with E-state index in [1.54, 1.807) is 0 Å². The number of Topliss-reactive ketones (excluding diaryl/α,β-unsaturated/α-hetero) is 1. The summed E-state index contributed by atoms with van der Waals surface area (Å²) in [6, 6.07) is 0. The lowest BCUT2D eigenvalue weighted by molar-refractivity contribution is -0.151. The van der Waals surface area contributed by atoms with Crippen molar-refractivity contribution in [3.63, 3.8) is 0 Å². The monoisotopic (exact) mass is 444 g/mol. The molecule has 0 aromatic rings. The van der Waals surface area contributed by atoms with Crippen molar-refractivity contribution in [1.82, 2.24) is 0 Å². The zero-order chi connectivity index (χ0) is 17.7. The first-order valence-electron chi connectivity index (χ1n) is 8.66. The van der Waals surface area contributed by atoms with E-state index in [1.807, 2.05) is 6.92 Å².